The van der Waals surface area contributed by atoms with Crippen LogP contribution in [0.5, 0.6) is 0 Å². The van der Waals surface area contributed by atoms with E-state index in [-0.39, 0.29) is 5.91 Å². The van der Waals surface area contributed by atoms with Crippen LogP contribution < -0.4 is 5.32 Å². The van der Waals surface area contributed by atoms with E-state index in [0.29, 0.717) is 14.3 Å². The summed E-state index contributed by atoms with van der Waals surface area (Å²) < 4.78 is 0.597. The molecule has 0 saturated heterocycles. The van der Waals surface area contributed by atoms with Gasteiger partial charge in [-0.2, -0.15) is 0 Å². The largest absolute Gasteiger partial charge is 0.297 e. The lowest BCUT2D eigenvalue weighted by atomic mass is 10.0. The van der Waals surface area contributed by atoms with Crippen LogP contribution in [0, 0.1) is 0 Å². The zero-order valence-electron chi connectivity index (χ0n) is 15.8. The van der Waals surface area contributed by atoms with Crippen LogP contribution in [-0.2, 0) is 6.42 Å². The third-order valence-corrected chi connectivity index (χ3v) is 6.72. The van der Waals surface area contributed by atoms with Gasteiger partial charge in [-0.1, -0.05) is 79.5 Å². The minimum Gasteiger partial charge on any atom is -0.297 e. The third kappa shape index (κ3) is 4.58. The zero-order chi connectivity index (χ0) is 20.2. The first-order chi connectivity index (χ1) is 14.1. The Bertz CT molecular complexity index is 1120. The van der Waals surface area contributed by atoms with Gasteiger partial charge in [0.15, 0.2) is 5.13 Å². The zero-order valence-corrected chi connectivity index (χ0v) is 18.2. The summed E-state index contributed by atoms with van der Waals surface area (Å²) in [5, 5.41) is 3.53. The van der Waals surface area contributed by atoms with Gasteiger partial charge in [0, 0.05) is 10.4 Å². The standard InChI is InChI=1S/C23H19ClN2OS2/c1-2-6-18-21(17-11-9-16(10-12-17)15-7-4-3-5-8-15)25-23(29-18)26-22(27)19-13-14-20(24)28-19/h3-5,7-14H,2,6H2,1H3,(H,25,26,27). The second kappa shape index (κ2) is 8.91. The number of carbonyl (C=O) groups is 1. The molecule has 0 aliphatic heterocycles. The lowest BCUT2D eigenvalue weighted by molar-refractivity contribution is 0.103. The fourth-order valence-electron chi connectivity index (χ4n) is 3.07. The van der Waals surface area contributed by atoms with E-state index in [9.17, 15) is 4.79 Å². The highest BCUT2D eigenvalue weighted by Crippen LogP contribution is 2.34. The predicted octanol–water partition coefficient (Wildman–Crippen LogP) is 7.40. The number of rotatable bonds is 6. The van der Waals surface area contributed by atoms with E-state index in [2.05, 4.69) is 48.6 Å². The summed E-state index contributed by atoms with van der Waals surface area (Å²) >= 11 is 8.74. The Morgan fingerprint density at radius 2 is 1.62 bits per heavy atom. The summed E-state index contributed by atoms with van der Waals surface area (Å²) in [5.74, 6) is -0.176. The summed E-state index contributed by atoms with van der Waals surface area (Å²) in [6.45, 7) is 2.15. The smallest absolute Gasteiger partial charge is 0.267 e. The number of carbonyl (C=O) groups excluding carboxylic acids is 1. The summed E-state index contributed by atoms with van der Waals surface area (Å²) in [5.41, 5.74) is 4.36. The van der Waals surface area contributed by atoms with Crippen molar-refractivity contribution in [1.82, 2.24) is 4.98 Å². The van der Waals surface area contributed by atoms with Gasteiger partial charge < -0.3 is 0 Å². The highest BCUT2D eigenvalue weighted by molar-refractivity contribution is 7.18. The normalized spacial score (nSPS) is 10.8. The molecule has 0 aliphatic carbocycles. The third-order valence-electron chi connectivity index (χ3n) is 4.46. The van der Waals surface area contributed by atoms with Crippen LogP contribution in [-0.4, -0.2) is 10.9 Å². The van der Waals surface area contributed by atoms with Gasteiger partial charge in [-0.25, -0.2) is 4.98 Å². The highest BCUT2D eigenvalue weighted by Gasteiger charge is 2.16. The number of hydrogen-bond donors (Lipinski definition) is 1. The number of aryl methyl sites for hydroxylation is 1. The summed E-state index contributed by atoms with van der Waals surface area (Å²) in [4.78, 5) is 18.9. The van der Waals surface area contributed by atoms with Gasteiger partial charge in [0.1, 0.15) is 0 Å². The molecule has 4 rings (SSSR count). The maximum absolute atomic E-state index is 12.5. The van der Waals surface area contributed by atoms with Gasteiger partial charge in [-0.15, -0.1) is 22.7 Å². The monoisotopic (exact) mass is 438 g/mol. The van der Waals surface area contributed by atoms with Gasteiger partial charge in [0.05, 0.1) is 14.9 Å². The van der Waals surface area contributed by atoms with Crippen LogP contribution in [0.1, 0.15) is 27.9 Å². The molecule has 1 amide bonds. The number of nitrogens with zero attached hydrogens (tertiary/aromatic N) is 1. The molecule has 2 aromatic heterocycles. The van der Waals surface area contributed by atoms with Crippen LogP contribution in [0.4, 0.5) is 5.13 Å². The Kier molecular flexibility index (Phi) is 6.09. The molecule has 0 aliphatic rings. The summed E-state index contributed by atoms with van der Waals surface area (Å²) in [7, 11) is 0. The molecular formula is C23H19ClN2OS2. The number of hydrogen-bond acceptors (Lipinski definition) is 4. The number of nitrogens with one attached hydrogen (secondary N) is 1. The first-order valence-electron chi connectivity index (χ1n) is 9.36. The number of thiophene rings is 1. The average Bonchev–Trinajstić information content (AvgIpc) is 3.35. The first-order valence-corrected chi connectivity index (χ1v) is 11.4. The Hall–Kier alpha value is -2.47. The van der Waals surface area contributed by atoms with E-state index in [1.54, 1.807) is 12.1 Å². The maximum atomic E-state index is 12.5. The minimum atomic E-state index is -0.176. The molecule has 4 aromatic rings. The van der Waals surface area contributed by atoms with Gasteiger partial charge in [0.2, 0.25) is 0 Å². The fourth-order valence-corrected chi connectivity index (χ4v) is 5.09. The molecule has 0 radical (unpaired) electrons. The van der Waals surface area contributed by atoms with Crippen molar-refractivity contribution in [2.75, 3.05) is 5.32 Å². The SMILES string of the molecule is CCCc1sc(NC(=O)c2ccc(Cl)s2)nc1-c1ccc(-c2ccccc2)cc1. The molecule has 2 aromatic carbocycles. The Balaban J connectivity index is 1.60. The Labute approximate surface area is 183 Å². The molecule has 0 fully saturated rings. The van der Waals surface area contributed by atoms with Crippen molar-refractivity contribution in [3.8, 4) is 22.4 Å². The molecule has 3 nitrogen and oxygen atoms in total. The lowest BCUT2D eigenvalue weighted by Crippen LogP contribution is -2.09. The Morgan fingerprint density at radius 1 is 0.931 bits per heavy atom. The van der Waals surface area contributed by atoms with Gasteiger partial charge >= 0.3 is 0 Å². The van der Waals surface area contributed by atoms with Crippen molar-refractivity contribution < 1.29 is 4.79 Å². The van der Waals surface area contributed by atoms with Gasteiger partial charge in [-0.3, -0.25) is 10.1 Å². The van der Waals surface area contributed by atoms with E-state index >= 15 is 0 Å². The van der Waals surface area contributed by atoms with Gasteiger partial charge in [-0.05, 0) is 29.7 Å². The van der Waals surface area contributed by atoms with Crippen molar-refractivity contribution in [2.24, 2.45) is 0 Å². The predicted molar refractivity (Wildman–Crippen MR) is 124 cm³/mol. The number of anilines is 1. The fraction of sp³-hybridized carbons (Fsp3) is 0.130. The molecule has 2 heterocycles. The number of benzene rings is 2. The number of halogens is 1. The van der Waals surface area contributed by atoms with Crippen molar-refractivity contribution >= 4 is 45.3 Å². The molecule has 0 bridgehead atoms. The van der Waals surface area contributed by atoms with Crippen molar-refractivity contribution in [3.05, 3.63) is 80.8 Å². The number of aromatic nitrogens is 1. The number of amides is 1. The van der Waals surface area contributed by atoms with E-state index in [1.165, 1.54) is 38.7 Å². The van der Waals surface area contributed by atoms with Crippen molar-refractivity contribution in [3.63, 3.8) is 0 Å². The van der Waals surface area contributed by atoms with E-state index in [4.69, 9.17) is 16.6 Å². The van der Waals surface area contributed by atoms with Crippen LogP contribution in [0.15, 0.2) is 66.7 Å². The van der Waals surface area contributed by atoms with Crippen LogP contribution in [0.2, 0.25) is 4.34 Å². The van der Waals surface area contributed by atoms with E-state index in [1.807, 2.05) is 18.2 Å². The van der Waals surface area contributed by atoms with Gasteiger partial charge in [0.25, 0.3) is 5.91 Å². The number of thiazole rings is 1. The van der Waals surface area contributed by atoms with Crippen molar-refractivity contribution in [1.29, 1.82) is 0 Å². The van der Waals surface area contributed by atoms with Crippen LogP contribution in [0.3, 0.4) is 0 Å². The highest BCUT2D eigenvalue weighted by atomic mass is 35.5. The molecule has 1 N–H and O–H groups in total. The van der Waals surface area contributed by atoms with E-state index in [0.717, 1.165) is 24.1 Å². The summed E-state index contributed by atoms with van der Waals surface area (Å²) in [6.07, 6.45) is 1.94. The molecule has 0 saturated carbocycles. The second-order valence-corrected chi connectivity index (χ2v) is 9.34. The molecule has 0 unspecified atom stereocenters. The molecule has 0 atom stereocenters. The molecule has 0 spiro atoms. The minimum absolute atomic E-state index is 0.176. The van der Waals surface area contributed by atoms with Crippen molar-refractivity contribution in [2.45, 2.75) is 19.8 Å². The summed E-state index contributed by atoms with van der Waals surface area (Å²) in [6, 6.07) is 22.2. The van der Waals surface area contributed by atoms with E-state index < -0.39 is 0 Å². The molecular weight excluding hydrogens is 420 g/mol. The topological polar surface area (TPSA) is 42.0 Å². The quantitative estimate of drug-likeness (QED) is 0.340. The molecule has 6 heteroatoms. The molecule has 29 heavy (non-hydrogen) atoms. The first kappa shape index (κ1) is 19.8. The van der Waals surface area contributed by atoms with Crippen LogP contribution in [0.25, 0.3) is 22.4 Å². The molecule has 146 valence electrons. The Morgan fingerprint density at radius 3 is 2.28 bits per heavy atom. The lowest BCUT2D eigenvalue weighted by Gasteiger charge is -2.04. The maximum Gasteiger partial charge on any atom is 0.267 e. The second-order valence-electron chi connectivity index (χ2n) is 6.54. The average molecular weight is 439 g/mol. The van der Waals surface area contributed by atoms with Crippen LogP contribution >= 0.6 is 34.3 Å².